The molecule has 1 amide bonds. The summed E-state index contributed by atoms with van der Waals surface area (Å²) < 4.78 is 5.24. The second kappa shape index (κ2) is 9.18. The molecule has 8 heteroatoms. The van der Waals surface area contributed by atoms with Gasteiger partial charge >= 0.3 is 5.97 Å². The van der Waals surface area contributed by atoms with Gasteiger partial charge in [-0.2, -0.15) is 0 Å². The molecule has 8 nitrogen and oxygen atoms in total. The van der Waals surface area contributed by atoms with Crippen molar-refractivity contribution < 1.29 is 19.2 Å². The minimum Gasteiger partial charge on any atom is -0.449 e. The molecule has 1 aliphatic heterocycles. The van der Waals surface area contributed by atoms with Crippen molar-refractivity contribution in [1.29, 1.82) is 0 Å². The van der Waals surface area contributed by atoms with Gasteiger partial charge in [0.15, 0.2) is 6.10 Å². The number of nitrogens with zero attached hydrogens (tertiary/aromatic N) is 2. The summed E-state index contributed by atoms with van der Waals surface area (Å²) in [5.41, 5.74) is 1.08. The maximum absolute atomic E-state index is 12.4. The number of rotatable bonds is 7. The van der Waals surface area contributed by atoms with E-state index in [0.717, 1.165) is 18.4 Å². The van der Waals surface area contributed by atoms with Crippen LogP contribution in [0.2, 0.25) is 0 Å². The van der Waals surface area contributed by atoms with Crippen LogP contribution in [0.4, 0.5) is 11.4 Å². The van der Waals surface area contributed by atoms with Gasteiger partial charge in [-0.05, 0) is 37.5 Å². The van der Waals surface area contributed by atoms with Crippen molar-refractivity contribution in [2.24, 2.45) is 0 Å². The molecule has 0 radical (unpaired) electrons. The monoisotopic (exact) mass is 397 g/mol. The number of hydrogen-bond acceptors (Lipinski definition) is 6. The summed E-state index contributed by atoms with van der Waals surface area (Å²) in [6.07, 6.45) is 0.946. The predicted octanol–water partition coefficient (Wildman–Crippen LogP) is 3.37. The van der Waals surface area contributed by atoms with Crippen LogP contribution >= 0.6 is 0 Å². The zero-order chi connectivity index (χ0) is 20.8. The van der Waals surface area contributed by atoms with E-state index in [9.17, 15) is 19.7 Å². The Bertz CT molecular complexity index is 894. The third-order valence-electron chi connectivity index (χ3n) is 4.81. The van der Waals surface area contributed by atoms with Crippen LogP contribution in [-0.4, -0.2) is 40.9 Å². The molecule has 2 aromatic carbocycles. The first-order valence-corrected chi connectivity index (χ1v) is 9.51. The number of nitro groups is 1. The SMILES string of the molecule is CC(OC(=O)c1ccc(NCc2ccccc2)c([N+](=O)[O-])c1)C(=O)N1CCCC1. The topological polar surface area (TPSA) is 102 Å². The first kappa shape index (κ1) is 20.3. The summed E-state index contributed by atoms with van der Waals surface area (Å²) in [4.78, 5) is 37.3. The normalized spacial score (nSPS) is 14.3. The van der Waals surface area contributed by atoms with E-state index in [0.29, 0.717) is 25.3 Å². The van der Waals surface area contributed by atoms with Gasteiger partial charge < -0.3 is 15.0 Å². The number of hydrogen-bond donors (Lipinski definition) is 1. The fraction of sp³-hybridized carbons (Fsp3) is 0.333. The van der Waals surface area contributed by atoms with Gasteiger partial charge in [0.1, 0.15) is 5.69 Å². The van der Waals surface area contributed by atoms with Crippen molar-refractivity contribution >= 4 is 23.3 Å². The molecule has 1 atom stereocenters. The summed E-state index contributed by atoms with van der Waals surface area (Å²) in [6, 6.07) is 13.6. The van der Waals surface area contributed by atoms with Crippen molar-refractivity contribution in [3.8, 4) is 0 Å². The van der Waals surface area contributed by atoms with Crippen molar-refractivity contribution in [3.05, 3.63) is 69.8 Å². The number of ether oxygens (including phenoxy) is 1. The minimum absolute atomic E-state index is 0.0306. The van der Waals surface area contributed by atoms with Crippen molar-refractivity contribution in [1.82, 2.24) is 4.90 Å². The maximum Gasteiger partial charge on any atom is 0.339 e. The van der Waals surface area contributed by atoms with Crippen LogP contribution < -0.4 is 5.32 Å². The van der Waals surface area contributed by atoms with Gasteiger partial charge in [0.2, 0.25) is 0 Å². The van der Waals surface area contributed by atoms with E-state index in [1.54, 1.807) is 4.90 Å². The Labute approximate surface area is 168 Å². The molecule has 1 aliphatic rings. The van der Waals surface area contributed by atoms with Crippen LogP contribution in [-0.2, 0) is 16.1 Å². The summed E-state index contributed by atoms with van der Waals surface area (Å²) in [7, 11) is 0. The number of benzene rings is 2. The van der Waals surface area contributed by atoms with Crippen molar-refractivity contribution in [3.63, 3.8) is 0 Å². The van der Waals surface area contributed by atoms with Gasteiger partial charge in [-0.3, -0.25) is 14.9 Å². The summed E-state index contributed by atoms with van der Waals surface area (Å²) in [6.45, 7) is 3.25. The molecule has 0 aliphatic carbocycles. The fourth-order valence-electron chi connectivity index (χ4n) is 3.23. The Kier molecular flexibility index (Phi) is 6.43. The van der Waals surface area contributed by atoms with Crippen LogP contribution in [0.1, 0.15) is 35.7 Å². The molecular weight excluding hydrogens is 374 g/mol. The molecule has 152 valence electrons. The lowest BCUT2D eigenvalue weighted by Gasteiger charge is -2.20. The molecule has 3 rings (SSSR count). The number of carbonyl (C=O) groups excluding carboxylic acids is 2. The Balaban J connectivity index is 1.69. The second-order valence-corrected chi connectivity index (χ2v) is 6.91. The Morgan fingerprint density at radius 1 is 1.17 bits per heavy atom. The van der Waals surface area contributed by atoms with Crippen LogP contribution in [0.15, 0.2) is 48.5 Å². The Hall–Kier alpha value is -3.42. The van der Waals surface area contributed by atoms with Gasteiger partial charge in [-0.25, -0.2) is 4.79 Å². The van der Waals surface area contributed by atoms with Gasteiger partial charge in [-0.15, -0.1) is 0 Å². The van der Waals surface area contributed by atoms with Gasteiger partial charge in [0.25, 0.3) is 11.6 Å². The lowest BCUT2D eigenvalue weighted by Crippen LogP contribution is -2.38. The molecule has 0 aromatic heterocycles. The minimum atomic E-state index is -0.935. The zero-order valence-electron chi connectivity index (χ0n) is 16.2. The maximum atomic E-state index is 12.4. The standard InChI is InChI=1S/C21H23N3O5/c1-15(20(25)23-11-5-6-12-23)29-21(26)17-9-10-18(19(13-17)24(27)28)22-14-16-7-3-2-4-8-16/h2-4,7-10,13,15,22H,5-6,11-12,14H2,1H3. The summed E-state index contributed by atoms with van der Waals surface area (Å²) >= 11 is 0. The lowest BCUT2D eigenvalue weighted by atomic mass is 10.1. The number of nitrogens with one attached hydrogen (secondary N) is 1. The largest absolute Gasteiger partial charge is 0.449 e. The molecule has 0 saturated carbocycles. The Morgan fingerprint density at radius 2 is 1.86 bits per heavy atom. The molecular formula is C21H23N3O5. The highest BCUT2D eigenvalue weighted by molar-refractivity contribution is 5.93. The van der Waals surface area contributed by atoms with E-state index in [-0.39, 0.29) is 17.2 Å². The molecule has 0 bridgehead atoms. The van der Waals surface area contributed by atoms with Crippen LogP contribution in [0.25, 0.3) is 0 Å². The second-order valence-electron chi connectivity index (χ2n) is 6.91. The van der Waals surface area contributed by atoms with Gasteiger partial charge in [0, 0.05) is 25.7 Å². The number of anilines is 1. The van der Waals surface area contributed by atoms with Crippen molar-refractivity contribution in [2.45, 2.75) is 32.4 Å². The summed E-state index contributed by atoms with van der Waals surface area (Å²) in [5, 5.41) is 14.5. The quantitative estimate of drug-likeness (QED) is 0.437. The molecule has 1 saturated heterocycles. The third kappa shape index (κ3) is 5.10. The summed E-state index contributed by atoms with van der Waals surface area (Å²) in [5.74, 6) is -1.01. The first-order valence-electron chi connectivity index (χ1n) is 9.51. The van der Waals surface area contributed by atoms with E-state index in [2.05, 4.69) is 5.32 Å². The van der Waals surface area contributed by atoms with E-state index in [1.165, 1.54) is 25.1 Å². The predicted molar refractivity (Wildman–Crippen MR) is 108 cm³/mol. The molecule has 1 heterocycles. The van der Waals surface area contributed by atoms with E-state index in [1.807, 2.05) is 30.3 Å². The molecule has 2 aromatic rings. The van der Waals surface area contributed by atoms with E-state index in [4.69, 9.17) is 4.74 Å². The lowest BCUT2D eigenvalue weighted by molar-refractivity contribution is -0.384. The highest BCUT2D eigenvalue weighted by atomic mass is 16.6. The number of likely N-dealkylation sites (tertiary alicyclic amines) is 1. The van der Waals surface area contributed by atoms with Crippen LogP contribution in [0.3, 0.4) is 0 Å². The number of carbonyl (C=O) groups is 2. The van der Waals surface area contributed by atoms with E-state index >= 15 is 0 Å². The zero-order valence-corrected chi connectivity index (χ0v) is 16.2. The molecule has 0 spiro atoms. The third-order valence-corrected chi connectivity index (χ3v) is 4.81. The number of nitro benzene ring substituents is 1. The highest BCUT2D eigenvalue weighted by Crippen LogP contribution is 2.27. The Morgan fingerprint density at radius 3 is 2.52 bits per heavy atom. The average Bonchev–Trinajstić information content (AvgIpc) is 3.27. The first-order chi connectivity index (χ1) is 14.0. The van der Waals surface area contributed by atoms with Crippen molar-refractivity contribution in [2.75, 3.05) is 18.4 Å². The number of esters is 1. The average molecular weight is 397 g/mol. The highest BCUT2D eigenvalue weighted by Gasteiger charge is 2.27. The van der Waals surface area contributed by atoms with Gasteiger partial charge in [0.05, 0.1) is 10.5 Å². The number of amides is 1. The molecule has 1 unspecified atom stereocenters. The molecule has 1 fully saturated rings. The fourth-order valence-corrected chi connectivity index (χ4v) is 3.23. The van der Waals surface area contributed by atoms with Crippen LogP contribution in [0, 0.1) is 10.1 Å². The molecule has 29 heavy (non-hydrogen) atoms. The van der Waals surface area contributed by atoms with Crippen LogP contribution in [0.5, 0.6) is 0 Å². The smallest absolute Gasteiger partial charge is 0.339 e. The van der Waals surface area contributed by atoms with Gasteiger partial charge in [-0.1, -0.05) is 30.3 Å². The van der Waals surface area contributed by atoms with E-state index < -0.39 is 17.0 Å². The molecule has 1 N–H and O–H groups in total.